The molecule has 2 atom stereocenters. The summed E-state index contributed by atoms with van der Waals surface area (Å²) in [7, 11) is 0. The first-order chi connectivity index (χ1) is 17.2. The van der Waals surface area contributed by atoms with E-state index < -0.39 is 0 Å². The fourth-order valence-electron chi connectivity index (χ4n) is 4.81. The van der Waals surface area contributed by atoms with Crippen molar-refractivity contribution in [2.45, 2.75) is 44.9 Å². The van der Waals surface area contributed by atoms with Gasteiger partial charge in [-0.05, 0) is 48.9 Å². The van der Waals surface area contributed by atoms with Crippen LogP contribution in [0.3, 0.4) is 0 Å². The standard InChI is InChI=1S/C29H31N3O2S/c1-2-24(20-10-4-3-5-11-20)32-29(33)27-22-13-6-7-14-25(22)31-28(26-15-9-17-35-26)23(27)19-34-18-21-12-8-16-30-21/h3-7,9-11,13-15,17,21,24,30H,2,8,12,16,18-19H2,1H3,(H,32,33)/t21-,24-/m0/s1. The lowest BCUT2D eigenvalue weighted by atomic mass is 9.97. The van der Waals surface area contributed by atoms with Gasteiger partial charge in [-0.25, -0.2) is 4.98 Å². The number of rotatable bonds is 9. The molecule has 6 heteroatoms. The Morgan fingerprint density at radius 3 is 2.71 bits per heavy atom. The van der Waals surface area contributed by atoms with Gasteiger partial charge in [-0.3, -0.25) is 4.79 Å². The smallest absolute Gasteiger partial charge is 0.252 e. The number of amides is 1. The highest BCUT2D eigenvalue weighted by Gasteiger charge is 2.25. The molecule has 1 aliphatic heterocycles. The van der Waals surface area contributed by atoms with Gasteiger partial charge in [0.15, 0.2) is 0 Å². The van der Waals surface area contributed by atoms with Crippen LogP contribution in [0.15, 0.2) is 72.1 Å². The molecular weight excluding hydrogens is 454 g/mol. The topological polar surface area (TPSA) is 63.2 Å². The average Bonchev–Trinajstić information content (AvgIpc) is 3.62. The lowest BCUT2D eigenvalue weighted by molar-refractivity contribution is 0.0910. The van der Waals surface area contributed by atoms with Crippen LogP contribution in [0.5, 0.6) is 0 Å². The van der Waals surface area contributed by atoms with Gasteiger partial charge in [-0.15, -0.1) is 11.3 Å². The Kier molecular flexibility index (Phi) is 7.52. The van der Waals surface area contributed by atoms with Crippen molar-refractivity contribution in [3.63, 3.8) is 0 Å². The van der Waals surface area contributed by atoms with Crippen molar-refractivity contribution in [2.75, 3.05) is 13.2 Å². The second kappa shape index (κ2) is 11.1. The molecule has 1 saturated heterocycles. The van der Waals surface area contributed by atoms with E-state index in [1.54, 1.807) is 11.3 Å². The second-order valence-corrected chi connectivity index (χ2v) is 9.91. The number of aromatic nitrogens is 1. The molecule has 0 radical (unpaired) electrons. The summed E-state index contributed by atoms with van der Waals surface area (Å²) in [6, 6.07) is 22.4. The maximum absolute atomic E-state index is 14.0. The van der Waals surface area contributed by atoms with Crippen molar-refractivity contribution in [2.24, 2.45) is 0 Å². The molecule has 35 heavy (non-hydrogen) atoms. The molecule has 0 saturated carbocycles. The molecule has 0 spiro atoms. The van der Waals surface area contributed by atoms with E-state index in [-0.39, 0.29) is 11.9 Å². The Balaban J connectivity index is 1.56. The molecule has 0 bridgehead atoms. The van der Waals surface area contributed by atoms with Crippen LogP contribution < -0.4 is 10.6 Å². The van der Waals surface area contributed by atoms with Crippen LogP contribution in [0, 0.1) is 0 Å². The Bertz CT molecular complexity index is 1270. The first kappa shape index (κ1) is 23.7. The summed E-state index contributed by atoms with van der Waals surface area (Å²) in [6.07, 6.45) is 3.10. The number of benzene rings is 2. The third-order valence-electron chi connectivity index (χ3n) is 6.62. The molecular formula is C29H31N3O2S. The van der Waals surface area contributed by atoms with Crippen molar-refractivity contribution in [1.82, 2.24) is 15.6 Å². The molecule has 0 aliphatic carbocycles. The summed E-state index contributed by atoms with van der Waals surface area (Å²) < 4.78 is 6.22. The largest absolute Gasteiger partial charge is 0.375 e. The predicted octanol–water partition coefficient (Wildman–Crippen LogP) is 6.11. The van der Waals surface area contributed by atoms with Gasteiger partial charge in [0.2, 0.25) is 0 Å². The van der Waals surface area contributed by atoms with E-state index in [0.717, 1.165) is 52.0 Å². The van der Waals surface area contributed by atoms with E-state index in [1.165, 1.54) is 6.42 Å². The van der Waals surface area contributed by atoms with Gasteiger partial charge in [-0.1, -0.05) is 61.5 Å². The van der Waals surface area contributed by atoms with E-state index >= 15 is 0 Å². The van der Waals surface area contributed by atoms with E-state index in [1.807, 2.05) is 53.9 Å². The van der Waals surface area contributed by atoms with Gasteiger partial charge in [0.05, 0.1) is 40.9 Å². The normalized spacial score (nSPS) is 16.4. The number of thiophene rings is 1. The molecule has 180 valence electrons. The predicted molar refractivity (Wildman–Crippen MR) is 143 cm³/mol. The number of pyridine rings is 1. The zero-order valence-electron chi connectivity index (χ0n) is 20.0. The van der Waals surface area contributed by atoms with Crippen molar-refractivity contribution >= 4 is 28.1 Å². The van der Waals surface area contributed by atoms with Crippen molar-refractivity contribution in [3.8, 4) is 10.6 Å². The molecule has 1 fully saturated rings. The van der Waals surface area contributed by atoms with Crippen molar-refractivity contribution in [1.29, 1.82) is 0 Å². The van der Waals surface area contributed by atoms with Crippen LogP contribution in [-0.2, 0) is 11.3 Å². The third-order valence-corrected chi connectivity index (χ3v) is 7.49. The van der Waals surface area contributed by atoms with Gasteiger partial charge >= 0.3 is 0 Å². The monoisotopic (exact) mass is 485 g/mol. The van der Waals surface area contributed by atoms with Crippen molar-refractivity contribution in [3.05, 3.63) is 88.8 Å². The highest BCUT2D eigenvalue weighted by atomic mass is 32.1. The van der Waals surface area contributed by atoms with Gasteiger partial charge in [0.1, 0.15) is 0 Å². The number of carbonyl (C=O) groups is 1. The number of para-hydroxylation sites is 1. The quantitative estimate of drug-likeness (QED) is 0.300. The minimum Gasteiger partial charge on any atom is -0.375 e. The van der Waals surface area contributed by atoms with Gasteiger partial charge in [-0.2, -0.15) is 0 Å². The molecule has 2 N–H and O–H groups in total. The number of nitrogens with zero attached hydrogens (tertiary/aromatic N) is 1. The fraction of sp³-hybridized carbons (Fsp3) is 0.310. The van der Waals surface area contributed by atoms with Crippen LogP contribution in [0.1, 0.15) is 53.7 Å². The third kappa shape index (κ3) is 5.30. The number of carbonyl (C=O) groups excluding carboxylic acids is 1. The maximum atomic E-state index is 14.0. The molecule has 1 aliphatic rings. The van der Waals surface area contributed by atoms with Gasteiger partial charge in [0, 0.05) is 17.0 Å². The molecule has 0 unspecified atom stereocenters. The van der Waals surface area contributed by atoms with Crippen LogP contribution >= 0.6 is 11.3 Å². The highest BCUT2D eigenvalue weighted by Crippen LogP contribution is 2.34. The molecule has 4 aromatic rings. The number of fused-ring (bicyclic) bond motifs is 1. The van der Waals surface area contributed by atoms with E-state index in [4.69, 9.17) is 9.72 Å². The zero-order chi connectivity index (χ0) is 24.0. The summed E-state index contributed by atoms with van der Waals surface area (Å²) in [4.78, 5) is 20.0. The Morgan fingerprint density at radius 2 is 1.97 bits per heavy atom. The summed E-state index contributed by atoms with van der Waals surface area (Å²) in [5.41, 5.74) is 4.26. The molecule has 1 amide bonds. The van der Waals surface area contributed by atoms with Crippen LogP contribution in [0.4, 0.5) is 0 Å². The second-order valence-electron chi connectivity index (χ2n) is 8.96. The molecule has 5 rings (SSSR count). The Morgan fingerprint density at radius 1 is 1.14 bits per heavy atom. The highest BCUT2D eigenvalue weighted by molar-refractivity contribution is 7.13. The average molecular weight is 486 g/mol. The van der Waals surface area contributed by atoms with E-state index in [0.29, 0.717) is 24.8 Å². The number of hydrogen-bond donors (Lipinski definition) is 2. The van der Waals surface area contributed by atoms with E-state index in [9.17, 15) is 4.79 Å². The molecule has 3 heterocycles. The minimum absolute atomic E-state index is 0.0720. The first-order valence-electron chi connectivity index (χ1n) is 12.4. The summed E-state index contributed by atoms with van der Waals surface area (Å²) >= 11 is 1.63. The number of ether oxygens (including phenoxy) is 1. The summed E-state index contributed by atoms with van der Waals surface area (Å²) in [5, 5.41) is 9.69. The van der Waals surface area contributed by atoms with Crippen LogP contribution in [0.2, 0.25) is 0 Å². The minimum atomic E-state index is -0.0882. The molecule has 2 aromatic heterocycles. The number of nitrogens with one attached hydrogen (secondary N) is 2. The maximum Gasteiger partial charge on any atom is 0.252 e. The zero-order valence-corrected chi connectivity index (χ0v) is 20.8. The Hall–Kier alpha value is -3.06. The van der Waals surface area contributed by atoms with Gasteiger partial charge in [0.25, 0.3) is 5.91 Å². The van der Waals surface area contributed by atoms with Crippen molar-refractivity contribution < 1.29 is 9.53 Å². The Labute approximate surface area is 210 Å². The molecule has 2 aromatic carbocycles. The summed E-state index contributed by atoms with van der Waals surface area (Å²) in [5.74, 6) is -0.0882. The fourth-order valence-corrected chi connectivity index (χ4v) is 5.55. The lowest BCUT2D eigenvalue weighted by Gasteiger charge is -2.21. The summed E-state index contributed by atoms with van der Waals surface area (Å²) in [6.45, 7) is 4.10. The first-order valence-corrected chi connectivity index (χ1v) is 13.2. The van der Waals surface area contributed by atoms with Gasteiger partial charge < -0.3 is 15.4 Å². The SMILES string of the molecule is CC[C@H](NC(=O)c1c(COC[C@@H]2CCCN2)c(-c2cccs2)nc2ccccc12)c1ccccc1. The van der Waals surface area contributed by atoms with Crippen LogP contribution in [-0.4, -0.2) is 30.1 Å². The van der Waals surface area contributed by atoms with Crippen LogP contribution in [0.25, 0.3) is 21.5 Å². The number of hydrogen-bond acceptors (Lipinski definition) is 5. The van der Waals surface area contributed by atoms with E-state index in [2.05, 4.69) is 35.8 Å². The lowest BCUT2D eigenvalue weighted by Crippen LogP contribution is -2.30. The molecule has 5 nitrogen and oxygen atoms in total.